The monoisotopic (exact) mass is 266 g/mol. The molecule has 1 aliphatic rings. The molecule has 2 heterocycles. The molecule has 6 heteroatoms. The van der Waals surface area contributed by atoms with Gasteiger partial charge in [-0.15, -0.1) is 0 Å². The Morgan fingerprint density at radius 1 is 1.11 bits per heavy atom. The highest BCUT2D eigenvalue weighted by Crippen LogP contribution is 2.36. The third-order valence-corrected chi connectivity index (χ3v) is 3.80. The van der Waals surface area contributed by atoms with Crippen molar-refractivity contribution in [2.24, 2.45) is 0 Å². The summed E-state index contributed by atoms with van der Waals surface area (Å²) >= 11 is 0. The molecule has 0 spiro atoms. The van der Waals surface area contributed by atoms with Gasteiger partial charge < -0.3 is 14.2 Å². The second-order valence-corrected chi connectivity index (χ2v) is 6.03. The average Bonchev–Trinajstić information content (AvgIpc) is 2.47. The van der Waals surface area contributed by atoms with E-state index in [1.165, 1.54) is 6.07 Å². The van der Waals surface area contributed by atoms with Crippen LogP contribution in [0.15, 0.2) is 12.1 Å². The van der Waals surface area contributed by atoms with Crippen LogP contribution in [0.2, 0.25) is 0 Å². The summed E-state index contributed by atoms with van der Waals surface area (Å²) in [5.41, 5.74) is -0.101. The molecular weight excluding hydrogens is 246 g/mol. The zero-order valence-electron chi connectivity index (χ0n) is 12.3. The topological polar surface area (TPSA) is 34.6 Å². The Balaban J connectivity index is 2.39. The molecule has 0 saturated carbocycles. The van der Waals surface area contributed by atoms with Crippen LogP contribution in [0, 0.1) is 5.95 Å². The standard InChI is InChI=1S/C13H20BFN2O2/c1-12(2)13(3,4)19-14(18-12)9-7-8-10(15)16-11(9)17(5)6/h7-8H,1-6H3. The first-order valence-electron chi connectivity index (χ1n) is 6.33. The normalized spacial score (nSPS) is 20.7. The van der Waals surface area contributed by atoms with Gasteiger partial charge in [-0.05, 0) is 33.8 Å². The van der Waals surface area contributed by atoms with E-state index < -0.39 is 24.3 Å². The highest BCUT2D eigenvalue weighted by atomic mass is 19.1. The highest BCUT2D eigenvalue weighted by molar-refractivity contribution is 6.63. The molecule has 0 aliphatic carbocycles. The van der Waals surface area contributed by atoms with Crippen LogP contribution in [0.1, 0.15) is 27.7 Å². The Morgan fingerprint density at radius 3 is 2.11 bits per heavy atom. The van der Waals surface area contributed by atoms with Gasteiger partial charge in [-0.2, -0.15) is 4.39 Å². The van der Waals surface area contributed by atoms with Crippen LogP contribution >= 0.6 is 0 Å². The van der Waals surface area contributed by atoms with E-state index in [0.717, 1.165) is 5.46 Å². The molecular formula is C13H20BFN2O2. The van der Waals surface area contributed by atoms with Gasteiger partial charge in [0.1, 0.15) is 5.82 Å². The quantitative estimate of drug-likeness (QED) is 0.601. The molecule has 0 amide bonds. The van der Waals surface area contributed by atoms with Gasteiger partial charge in [-0.25, -0.2) is 4.98 Å². The maximum Gasteiger partial charge on any atom is 0.498 e. The van der Waals surface area contributed by atoms with Crippen molar-refractivity contribution in [1.82, 2.24) is 4.98 Å². The minimum Gasteiger partial charge on any atom is -0.399 e. The molecule has 1 aliphatic heterocycles. The van der Waals surface area contributed by atoms with Crippen LogP contribution in [0.3, 0.4) is 0 Å². The molecule has 4 nitrogen and oxygen atoms in total. The van der Waals surface area contributed by atoms with E-state index in [2.05, 4.69) is 4.98 Å². The average molecular weight is 266 g/mol. The molecule has 1 saturated heterocycles. The minimum atomic E-state index is -0.532. The van der Waals surface area contributed by atoms with Gasteiger partial charge in [-0.1, -0.05) is 6.07 Å². The molecule has 0 radical (unpaired) electrons. The molecule has 104 valence electrons. The van der Waals surface area contributed by atoms with Crippen molar-refractivity contribution in [2.75, 3.05) is 19.0 Å². The van der Waals surface area contributed by atoms with E-state index in [0.29, 0.717) is 5.82 Å². The number of aromatic nitrogens is 1. The first-order valence-corrected chi connectivity index (χ1v) is 6.33. The number of rotatable bonds is 2. The first-order chi connectivity index (χ1) is 8.64. The van der Waals surface area contributed by atoms with Gasteiger partial charge in [0, 0.05) is 19.6 Å². The molecule has 0 unspecified atom stereocenters. The van der Waals surface area contributed by atoms with Crippen molar-refractivity contribution in [3.05, 3.63) is 18.1 Å². The van der Waals surface area contributed by atoms with E-state index in [1.807, 2.05) is 41.8 Å². The molecule has 0 N–H and O–H groups in total. The van der Waals surface area contributed by atoms with Crippen LogP contribution in [-0.2, 0) is 9.31 Å². The van der Waals surface area contributed by atoms with E-state index in [4.69, 9.17) is 9.31 Å². The highest BCUT2D eigenvalue weighted by Gasteiger charge is 2.52. The SMILES string of the molecule is CN(C)c1nc(F)ccc1B1OC(C)(C)C(C)(C)O1. The second kappa shape index (κ2) is 4.46. The van der Waals surface area contributed by atoms with Crippen molar-refractivity contribution in [3.8, 4) is 0 Å². The number of halogens is 1. The lowest BCUT2D eigenvalue weighted by atomic mass is 9.79. The zero-order chi connectivity index (χ0) is 14.4. The number of anilines is 1. The Labute approximate surface area is 114 Å². The van der Waals surface area contributed by atoms with E-state index in [9.17, 15) is 4.39 Å². The maximum atomic E-state index is 13.3. The zero-order valence-corrected chi connectivity index (χ0v) is 12.3. The summed E-state index contributed by atoms with van der Waals surface area (Å²) in [7, 11) is 3.10. The summed E-state index contributed by atoms with van der Waals surface area (Å²) in [4.78, 5) is 5.67. The summed E-state index contributed by atoms with van der Waals surface area (Å²) in [6.07, 6.45) is 0. The maximum absolute atomic E-state index is 13.3. The lowest BCUT2D eigenvalue weighted by molar-refractivity contribution is 0.00578. The summed E-state index contributed by atoms with van der Waals surface area (Å²) in [5, 5.41) is 0. The lowest BCUT2D eigenvalue weighted by Crippen LogP contribution is -2.41. The summed E-state index contributed by atoms with van der Waals surface area (Å²) in [6, 6.07) is 2.99. The smallest absolute Gasteiger partial charge is 0.399 e. The molecule has 0 bridgehead atoms. The van der Waals surface area contributed by atoms with Crippen LogP contribution in [-0.4, -0.2) is 37.4 Å². The number of hydrogen-bond acceptors (Lipinski definition) is 4. The third-order valence-electron chi connectivity index (χ3n) is 3.80. The van der Waals surface area contributed by atoms with E-state index in [-0.39, 0.29) is 0 Å². The van der Waals surface area contributed by atoms with Crippen molar-refractivity contribution < 1.29 is 13.7 Å². The van der Waals surface area contributed by atoms with Crippen molar-refractivity contribution in [1.29, 1.82) is 0 Å². The predicted molar refractivity (Wildman–Crippen MR) is 74.2 cm³/mol. The number of hydrogen-bond donors (Lipinski definition) is 0. The van der Waals surface area contributed by atoms with Gasteiger partial charge in [0.25, 0.3) is 0 Å². The Kier molecular flexibility index (Phi) is 3.35. The predicted octanol–water partition coefficient (Wildman–Crippen LogP) is 1.59. The molecule has 1 aromatic rings. The Hall–Kier alpha value is -1.14. The molecule has 0 aromatic carbocycles. The molecule has 1 fully saturated rings. The van der Waals surface area contributed by atoms with Crippen LogP contribution < -0.4 is 10.4 Å². The molecule has 0 atom stereocenters. The van der Waals surface area contributed by atoms with E-state index in [1.54, 1.807) is 11.0 Å². The van der Waals surface area contributed by atoms with E-state index >= 15 is 0 Å². The second-order valence-electron chi connectivity index (χ2n) is 6.03. The van der Waals surface area contributed by atoms with Gasteiger partial charge in [0.05, 0.1) is 11.2 Å². The van der Waals surface area contributed by atoms with Crippen molar-refractivity contribution >= 4 is 18.4 Å². The van der Waals surface area contributed by atoms with Crippen LogP contribution in [0.4, 0.5) is 10.2 Å². The van der Waals surface area contributed by atoms with Crippen molar-refractivity contribution in [2.45, 2.75) is 38.9 Å². The largest absolute Gasteiger partial charge is 0.498 e. The summed E-state index contributed by atoms with van der Waals surface area (Å²) in [5.74, 6) is 0.0162. The van der Waals surface area contributed by atoms with Gasteiger partial charge in [0.2, 0.25) is 5.95 Å². The summed E-state index contributed by atoms with van der Waals surface area (Å²) in [6.45, 7) is 7.94. The van der Waals surface area contributed by atoms with Gasteiger partial charge in [-0.3, -0.25) is 0 Å². The Morgan fingerprint density at radius 2 is 1.63 bits per heavy atom. The third kappa shape index (κ3) is 2.47. The fraction of sp³-hybridized carbons (Fsp3) is 0.615. The number of pyridine rings is 1. The molecule has 19 heavy (non-hydrogen) atoms. The lowest BCUT2D eigenvalue weighted by Gasteiger charge is -2.32. The van der Waals surface area contributed by atoms with Crippen molar-refractivity contribution in [3.63, 3.8) is 0 Å². The molecule has 1 aromatic heterocycles. The Bertz CT molecular complexity index is 476. The van der Waals surface area contributed by atoms with Crippen LogP contribution in [0.25, 0.3) is 0 Å². The minimum absolute atomic E-state index is 0.421. The first kappa shape index (κ1) is 14.3. The van der Waals surface area contributed by atoms with Crippen LogP contribution in [0.5, 0.6) is 0 Å². The van der Waals surface area contributed by atoms with Gasteiger partial charge in [0.15, 0.2) is 0 Å². The summed E-state index contributed by atoms with van der Waals surface area (Å²) < 4.78 is 25.2. The van der Waals surface area contributed by atoms with Gasteiger partial charge >= 0.3 is 7.12 Å². The molecule has 2 rings (SSSR count). The number of nitrogens with zero attached hydrogens (tertiary/aromatic N) is 2. The fourth-order valence-corrected chi connectivity index (χ4v) is 1.95. The fourth-order valence-electron chi connectivity index (χ4n) is 1.95.